The molecule has 0 bridgehead atoms. The predicted octanol–water partition coefficient (Wildman–Crippen LogP) is 3.73. The largest absolute Gasteiger partial charge is 0.465 e. The Labute approximate surface area is 166 Å². The van der Waals surface area contributed by atoms with Crippen molar-refractivity contribution in [3.8, 4) is 11.5 Å². The Morgan fingerprint density at radius 1 is 1.00 bits per heavy atom. The minimum atomic E-state index is -0.498. The number of hydrogen-bond acceptors (Lipinski definition) is 5. The van der Waals surface area contributed by atoms with Gasteiger partial charge in [-0.25, -0.2) is 0 Å². The maximum absolute atomic E-state index is 12.9. The van der Waals surface area contributed by atoms with Gasteiger partial charge >= 0.3 is 0 Å². The van der Waals surface area contributed by atoms with Crippen LogP contribution in [0.3, 0.4) is 0 Å². The highest BCUT2D eigenvalue weighted by atomic mass is 16.7. The second kappa shape index (κ2) is 7.93. The summed E-state index contributed by atoms with van der Waals surface area (Å²) < 4.78 is 15.9. The summed E-state index contributed by atoms with van der Waals surface area (Å²) in [4.78, 5) is 25.6. The molecule has 0 atom stereocenters. The summed E-state index contributed by atoms with van der Waals surface area (Å²) in [5.74, 6) is 0.709. The van der Waals surface area contributed by atoms with Gasteiger partial charge in [-0.1, -0.05) is 18.2 Å². The molecule has 3 aromatic rings. The van der Waals surface area contributed by atoms with E-state index < -0.39 is 5.91 Å². The SMILES string of the molecule is Cc1ccccc1C(=O)N/C(=C\c1ccco1)C(=O)Nc1ccc2c(c1)OCO2. The van der Waals surface area contributed by atoms with E-state index in [1.807, 2.05) is 19.1 Å². The summed E-state index contributed by atoms with van der Waals surface area (Å²) in [7, 11) is 0. The molecule has 0 saturated carbocycles. The Kier molecular flexibility index (Phi) is 5.03. The maximum atomic E-state index is 12.9. The molecule has 146 valence electrons. The molecular weight excluding hydrogens is 372 g/mol. The lowest BCUT2D eigenvalue weighted by molar-refractivity contribution is -0.113. The summed E-state index contributed by atoms with van der Waals surface area (Å²) >= 11 is 0. The van der Waals surface area contributed by atoms with E-state index >= 15 is 0 Å². The van der Waals surface area contributed by atoms with Gasteiger partial charge in [0.15, 0.2) is 11.5 Å². The molecule has 2 heterocycles. The second-order valence-corrected chi connectivity index (χ2v) is 6.36. The van der Waals surface area contributed by atoms with Crippen LogP contribution in [-0.2, 0) is 4.79 Å². The summed E-state index contributed by atoms with van der Waals surface area (Å²) in [5, 5.41) is 5.44. The third-order valence-electron chi connectivity index (χ3n) is 4.34. The Hall–Kier alpha value is -4.00. The normalized spacial score (nSPS) is 12.5. The molecule has 0 fully saturated rings. The van der Waals surface area contributed by atoms with Crippen molar-refractivity contribution in [2.45, 2.75) is 6.92 Å². The third-order valence-corrected chi connectivity index (χ3v) is 4.34. The van der Waals surface area contributed by atoms with E-state index in [-0.39, 0.29) is 18.4 Å². The molecule has 2 aromatic carbocycles. The maximum Gasteiger partial charge on any atom is 0.272 e. The van der Waals surface area contributed by atoms with E-state index in [4.69, 9.17) is 13.9 Å². The second-order valence-electron chi connectivity index (χ2n) is 6.36. The van der Waals surface area contributed by atoms with Crippen LogP contribution >= 0.6 is 0 Å². The predicted molar refractivity (Wildman–Crippen MR) is 107 cm³/mol. The first kappa shape index (κ1) is 18.4. The Bertz CT molecular complexity index is 1090. The number of nitrogens with one attached hydrogen (secondary N) is 2. The van der Waals surface area contributed by atoms with Crippen LogP contribution in [0.5, 0.6) is 11.5 Å². The van der Waals surface area contributed by atoms with Crippen LogP contribution in [0.25, 0.3) is 6.08 Å². The third kappa shape index (κ3) is 4.14. The van der Waals surface area contributed by atoms with Gasteiger partial charge < -0.3 is 24.5 Å². The fraction of sp³-hybridized carbons (Fsp3) is 0.0909. The van der Waals surface area contributed by atoms with E-state index in [0.717, 1.165) is 5.56 Å². The molecule has 7 nitrogen and oxygen atoms in total. The van der Waals surface area contributed by atoms with Gasteiger partial charge in [0, 0.05) is 23.4 Å². The van der Waals surface area contributed by atoms with E-state index in [2.05, 4.69) is 10.6 Å². The van der Waals surface area contributed by atoms with Crippen molar-refractivity contribution in [3.05, 3.63) is 83.4 Å². The molecule has 0 radical (unpaired) electrons. The average Bonchev–Trinajstić information content (AvgIpc) is 3.39. The molecule has 2 amide bonds. The molecular formula is C22H18N2O5. The lowest BCUT2D eigenvalue weighted by Crippen LogP contribution is -2.31. The van der Waals surface area contributed by atoms with Gasteiger partial charge in [0.1, 0.15) is 11.5 Å². The van der Waals surface area contributed by atoms with Gasteiger partial charge in [-0.05, 0) is 42.8 Å². The molecule has 0 aliphatic carbocycles. The summed E-state index contributed by atoms with van der Waals surface area (Å²) in [5.41, 5.74) is 1.84. The Balaban J connectivity index is 1.58. The molecule has 1 aromatic heterocycles. The topological polar surface area (TPSA) is 89.8 Å². The number of carbonyl (C=O) groups is 2. The van der Waals surface area contributed by atoms with Crippen LogP contribution in [0.15, 0.2) is 71.0 Å². The number of hydrogen-bond donors (Lipinski definition) is 2. The van der Waals surface area contributed by atoms with Crippen LogP contribution in [0.4, 0.5) is 5.69 Å². The molecule has 2 N–H and O–H groups in total. The van der Waals surface area contributed by atoms with Crippen LogP contribution in [0, 0.1) is 6.92 Å². The number of anilines is 1. The fourth-order valence-electron chi connectivity index (χ4n) is 2.86. The molecule has 1 aliphatic heterocycles. The average molecular weight is 390 g/mol. The van der Waals surface area contributed by atoms with E-state index in [0.29, 0.717) is 28.5 Å². The number of aryl methyl sites for hydroxylation is 1. The van der Waals surface area contributed by atoms with Gasteiger partial charge in [0.05, 0.1) is 6.26 Å². The lowest BCUT2D eigenvalue weighted by Gasteiger charge is -2.12. The minimum Gasteiger partial charge on any atom is -0.465 e. The van der Waals surface area contributed by atoms with Gasteiger partial charge in [-0.2, -0.15) is 0 Å². The van der Waals surface area contributed by atoms with Crippen LogP contribution in [-0.4, -0.2) is 18.6 Å². The van der Waals surface area contributed by atoms with Crippen molar-refractivity contribution in [2.24, 2.45) is 0 Å². The number of ether oxygens (including phenoxy) is 2. The minimum absolute atomic E-state index is 0.0471. The zero-order valence-corrected chi connectivity index (χ0v) is 15.6. The fourth-order valence-corrected chi connectivity index (χ4v) is 2.86. The first-order valence-corrected chi connectivity index (χ1v) is 8.93. The van der Waals surface area contributed by atoms with Crippen LogP contribution in [0.1, 0.15) is 21.7 Å². The zero-order chi connectivity index (χ0) is 20.2. The van der Waals surface area contributed by atoms with Gasteiger partial charge in [0.25, 0.3) is 11.8 Å². The molecule has 29 heavy (non-hydrogen) atoms. The molecule has 4 rings (SSSR count). The summed E-state index contributed by atoms with van der Waals surface area (Å²) in [6, 6.07) is 15.6. The molecule has 0 spiro atoms. The van der Waals surface area contributed by atoms with E-state index in [1.165, 1.54) is 12.3 Å². The van der Waals surface area contributed by atoms with E-state index in [9.17, 15) is 9.59 Å². The zero-order valence-electron chi connectivity index (χ0n) is 15.6. The number of fused-ring (bicyclic) bond motifs is 1. The van der Waals surface area contributed by atoms with Crippen LogP contribution in [0.2, 0.25) is 0 Å². The van der Waals surface area contributed by atoms with Crippen molar-refractivity contribution in [2.75, 3.05) is 12.1 Å². The van der Waals surface area contributed by atoms with Crippen molar-refractivity contribution < 1.29 is 23.5 Å². The highest BCUT2D eigenvalue weighted by Crippen LogP contribution is 2.34. The summed E-state index contributed by atoms with van der Waals surface area (Å²) in [6.07, 6.45) is 2.96. The van der Waals surface area contributed by atoms with Gasteiger partial charge in [-0.3, -0.25) is 9.59 Å². The molecule has 0 saturated heterocycles. The smallest absolute Gasteiger partial charge is 0.272 e. The Morgan fingerprint density at radius 3 is 2.62 bits per heavy atom. The lowest BCUT2D eigenvalue weighted by atomic mass is 10.1. The summed E-state index contributed by atoms with van der Waals surface area (Å²) in [6.45, 7) is 1.97. The monoisotopic (exact) mass is 390 g/mol. The van der Waals surface area contributed by atoms with Crippen molar-refractivity contribution in [1.29, 1.82) is 0 Å². The first-order valence-electron chi connectivity index (χ1n) is 8.93. The Morgan fingerprint density at radius 2 is 1.83 bits per heavy atom. The van der Waals surface area contributed by atoms with Crippen LogP contribution < -0.4 is 20.1 Å². The number of rotatable bonds is 5. The number of amides is 2. The standard InChI is InChI=1S/C22H18N2O5/c1-14-5-2-3-7-17(14)21(25)24-18(12-16-6-4-10-27-16)22(26)23-15-8-9-19-20(11-15)29-13-28-19/h2-12H,13H2,1H3,(H,23,26)(H,24,25)/b18-12-. The first-order chi connectivity index (χ1) is 14.1. The highest BCUT2D eigenvalue weighted by Gasteiger charge is 2.18. The number of carbonyl (C=O) groups excluding carboxylic acids is 2. The number of benzene rings is 2. The van der Waals surface area contributed by atoms with Crippen molar-refractivity contribution >= 4 is 23.6 Å². The molecule has 0 unspecified atom stereocenters. The molecule has 1 aliphatic rings. The van der Waals surface area contributed by atoms with Crippen molar-refractivity contribution in [3.63, 3.8) is 0 Å². The van der Waals surface area contributed by atoms with Gasteiger partial charge in [-0.15, -0.1) is 0 Å². The van der Waals surface area contributed by atoms with E-state index in [1.54, 1.807) is 42.5 Å². The quantitative estimate of drug-likeness (QED) is 0.648. The van der Waals surface area contributed by atoms with Gasteiger partial charge in [0.2, 0.25) is 6.79 Å². The highest BCUT2D eigenvalue weighted by molar-refractivity contribution is 6.10. The molecule has 7 heteroatoms. The van der Waals surface area contributed by atoms with Crippen molar-refractivity contribution in [1.82, 2.24) is 5.32 Å². The number of furan rings is 1.